The second-order valence-electron chi connectivity index (χ2n) is 5.94. The number of aromatic nitrogens is 3. The molecule has 0 saturated carbocycles. The number of para-hydroxylation sites is 1. The first-order valence-corrected chi connectivity index (χ1v) is 8.50. The Balaban J connectivity index is 2.02. The third-order valence-electron chi connectivity index (χ3n) is 4.30. The highest BCUT2D eigenvalue weighted by Crippen LogP contribution is 2.30. The largest absolute Gasteiger partial charge is 0.496 e. The predicted octanol–water partition coefficient (Wildman–Crippen LogP) is 3.97. The van der Waals surface area contributed by atoms with Crippen molar-refractivity contribution in [3.8, 4) is 33.8 Å². The van der Waals surface area contributed by atoms with Crippen molar-refractivity contribution >= 4 is 0 Å². The molecule has 1 aromatic carbocycles. The summed E-state index contributed by atoms with van der Waals surface area (Å²) in [4.78, 5) is 21.8. The van der Waals surface area contributed by atoms with Gasteiger partial charge in [0.05, 0.1) is 30.3 Å². The molecule has 0 aliphatic carbocycles. The Morgan fingerprint density at radius 3 is 2.52 bits per heavy atom. The fraction of sp³-hybridized carbons (Fsp3) is 0.0455. The van der Waals surface area contributed by atoms with Gasteiger partial charge in [0.1, 0.15) is 5.75 Å². The van der Waals surface area contributed by atoms with E-state index < -0.39 is 0 Å². The molecule has 0 radical (unpaired) electrons. The van der Waals surface area contributed by atoms with Crippen LogP contribution in [-0.4, -0.2) is 21.6 Å². The highest BCUT2D eigenvalue weighted by molar-refractivity contribution is 5.74. The van der Waals surface area contributed by atoms with Gasteiger partial charge in [-0.25, -0.2) is 0 Å². The molecule has 0 amide bonds. The van der Waals surface area contributed by atoms with Crippen molar-refractivity contribution in [3.63, 3.8) is 0 Å². The van der Waals surface area contributed by atoms with E-state index in [1.807, 2.05) is 54.6 Å². The van der Waals surface area contributed by atoms with E-state index in [4.69, 9.17) is 4.74 Å². The number of benzene rings is 1. The molecule has 0 fully saturated rings. The lowest BCUT2D eigenvalue weighted by Crippen LogP contribution is -2.20. The SMILES string of the molecule is COc1ccccc1-c1cc(-c2ccccn2)cn(-c2cccnc2)c1=O. The summed E-state index contributed by atoms with van der Waals surface area (Å²) < 4.78 is 7.07. The van der Waals surface area contributed by atoms with Crippen LogP contribution >= 0.6 is 0 Å². The topological polar surface area (TPSA) is 57.0 Å². The van der Waals surface area contributed by atoms with Crippen molar-refractivity contribution < 1.29 is 4.74 Å². The minimum Gasteiger partial charge on any atom is -0.496 e. The van der Waals surface area contributed by atoms with E-state index >= 15 is 0 Å². The van der Waals surface area contributed by atoms with E-state index in [1.54, 1.807) is 42.5 Å². The summed E-state index contributed by atoms with van der Waals surface area (Å²) in [5.74, 6) is 0.644. The van der Waals surface area contributed by atoms with Crippen LogP contribution in [0, 0.1) is 0 Å². The van der Waals surface area contributed by atoms with Gasteiger partial charge in [-0.2, -0.15) is 0 Å². The molecule has 0 saturated heterocycles. The van der Waals surface area contributed by atoms with Gasteiger partial charge in [0.15, 0.2) is 0 Å². The van der Waals surface area contributed by atoms with Gasteiger partial charge in [0.25, 0.3) is 5.56 Å². The fourth-order valence-electron chi connectivity index (χ4n) is 3.00. The molecule has 4 aromatic rings. The summed E-state index contributed by atoms with van der Waals surface area (Å²) in [5.41, 5.74) is 3.44. The molecule has 4 rings (SSSR count). The quantitative estimate of drug-likeness (QED) is 0.556. The van der Waals surface area contributed by atoms with E-state index in [1.165, 1.54) is 0 Å². The smallest absolute Gasteiger partial charge is 0.263 e. The minimum absolute atomic E-state index is 0.146. The zero-order chi connectivity index (χ0) is 18.6. The van der Waals surface area contributed by atoms with Crippen molar-refractivity contribution in [2.45, 2.75) is 0 Å². The van der Waals surface area contributed by atoms with Crippen LogP contribution in [0.1, 0.15) is 0 Å². The van der Waals surface area contributed by atoms with Gasteiger partial charge < -0.3 is 4.74 Å². The Morgan fingerprint density at radius 2 is 1.78 bits per heavy atom. The number of ether oxygens (including phenoxy) is 1. The maximum Gasteiger partial charge on any atom is 0.263 e. The number of hydrogen-bond acceptors (Lipinski definition) is 4. The molecule has 0 bridgehead atoms. The van der Waals surface area contributed by atoms with E-state index in [2.05, 4.69) is 9.97 Å². The summed E-state index contributed by atoms with van der Waals surface area (Å²) in [6.45, 7) is 0. The number of pyridine rings is 3. The van der Waals surface area contributed by atoms with Gasteiger partial charge >= 0.3 is 0 Å². The monoisotopic (exact) mass is 355 g/mol. The second kappa shape index (κ2) is 7.25. The molecule has 5 nitrogen and oxygen atoms in total. The normalized spacial score (nSPS) is 10.6. The van der Waals surface area contributed by atoms with Gasteiger partial charge in [-0.05, 0) is 36.4 Å². The molecule has 0 spiro atoms. The van der Waals surface area contributed by atoms with Crippen LogP contribution in [0.4, 0.5) is 0 Å². The Bertz CT molecular complexity index is 1120. The van der Waals surface area contributed by atoms with E-state index in [-0.39, 0.29) is 5.56 Å². The molecule has 132 valence electrons. The Labute approximate surface area is 156 Å². The minimum atomic E-state index is -0.146. The van der Waals surface area contributed by atoms with Gasteiger partial charge in [0.2, 0.25) is 0 Å². The first-order chi connectivity index (χ1) is 13.3. The van der Waals surface area contributed by atoms with Crippen molar-refractivity contribution in [3.05, 3.63) is 95.8 Å². The summed E-state index contributed by atoms with van der Waals surface area (Å²) in [6.07, 6.45) is 6.87. The lowest BCUT2D eigenvalue weighted by molar-refractivity contribution is 0.416. The van der Waals surface area contributed by atoms with Gasteiger partial charge in [-0.1, -0.05) is 24.3 Å². The Hall–Kier alpha value is -3.73. The highest BCUT2D eigenvalue weighted by Gasteiger charge is 2.15. The fourth-order valence-corrected chi connectivity index (χ4v) is 3.00. The van der Waals surface area contributed by atoms with Crippen molar-refractivity contribution in [2.24, 2.45) is 0 Å². The molecule has 5 heteroatoms. The molecule has 0 N–H and O–H groups in total. The molecule has 0 aliphatic heterocycles. The third kappa shape index (κ3) is 3.22. The van der Waals surface area contributed by atoms with Gasteiger partial charge in [-0.15, -0.1) is 0 Å². The van der Waals surface area contributed by atoms with Crippen molar-refractivity contribution in [1.29, 1.82) is 0 Å². The van der Waals surface area contributed by atoms with Crippen LogP contribution in [-0.2, 0) is 0 Å². The average molecular weight is 355 g/mol. The maximum atomic E-state index is 13.3. The Morgan fingerprint density at radius 1 is 0.926 bits per heavy atom. The van der Waals surface area contributed by atoms with Gasteiger partial charge in [0, 0.05) is 29.7 Å². The molecule has 0 unspecified atom stereocenters. The molecule has 3 heterocycles. The standard InChI is InChI=1S/C22H17N3O2/c1-27-21-10-3-2-8-18(21)19-13-16(20-9-4-5-12-24-20)15-25(22(19)26)17-7-6-11-23-14-17/h2-15H,1H3. The molecular formula is C22H17N3O2. The third-order valence-corrected chi connectivity index (χ3v) is 4.30. The second-order valence-corrected chi connectivity index (χ2v) is 5.94. The lowest BCUT2D eigenvalue weighted by Gasteiger charge is -2.13. The molecule has 0 aliphatic rings. The van der Waals surface area contributed by atoms with Crippen LogP contribution in [0.15, 0.2) is 90.2 Å². The number of methoxy groups -OCH3 is 1. The van der Waals surface area contributed by atoms with E-state index in [0.717, 1.165) is 16.8 Å². The number of rotatable bonds is 4. The molecule has 27 heavy (non-hydrogen) atoms. The lowest BCUT2D eigenvalue weighted by atomic mass is 10.0. The number of hydrogen-bond donors (Lipinski definition) is 0. The highest BCUT2D eigenvalue weighted by atomic mass is 16.5. The summed E-state index contributed by atoms with van der Waals surface area (Å²) in [5, 5.41) is 0. The molecule has 3 aromatic heterocycles. The zero-order valence-electron chi connectivity index (χ0n) is 14.7. The van der Waals surface area contributed by atoms with Gasteiger partial charge in [-0.3, -0.25) is 19.3 Å². The van der Waals surface area contributed by atoms with Crippen molar-refractivity contribution in [2.75, 3.05) is 7.11 Å². The van der Waals surface area contributed by atoms with E-state index in [0.29, 0.717) is 17.0 Å². The van der Waals surface area contributed by atoms with Crippen LogP contribution in [0.2, 0.25) is 0 Å². The summed E-state index contributed by atoms with van der Waals surface area (Å²) in [6, 6.07) is 18.7. The first kappa shape index (κ1) is 16.7. The average Bonchev–Trinajstić information content (AvgIpc) is 2.75. The zero-order valence-corrected chi connectivity index (χ0v) is 14.7. The molecular weight excluding hydrogens is 338 g/mol. The predicted molar refractivity (Wildman–Crippen MR) is 105 cm³/mol. The van der Waals surface area contributed by atoms with E-state index in [9.17, 15) is 4.79 Å². The van der Waals surface area contributed by atoms with Crippen LogP contribution < -0.4 is 10.3 Å². The summed E-state index contributed by atoms with van der Waals surface area (Å²) >= 11 is 0. The first-order valence-electron chi connectivity index (χ1n) is 8.50. The molecule has 0 atom stereocenters. The van der Waals surface area contributed by atoms with Crippen LogP contribution in [0.25, 0.3) is 28.1 Å². The number of nitrogens with zero attached hydrogens (tertiary/aromatic N) is 3. The maximum absolute atomic E-state index is 13.3. The van der Waals surface area contributed by atoms with Crippen molar-refractivity contribution in [1.82, 2.24) is 14.5 Å². The Kier molecular flexibility index (Phi) is 4.49. The summed E-state index contributed by atoms with van der Waals surface area (Å²) in [7, 11) is 1.60. The van der Waals surface area contributed by atoms with Crippen LogP contribution in [0.3, 0.4) is 0 Å². The van der Waals surface area contributed by atoms with Crippen LogP contribution in [0.5, 0.6) is 5.75 Å².